The van der Waals surface area contributed by atoms with E-state index in [0.717, 1.165) is 16.7 Å². The van der Waals surface area contributed by atoms with Gasteiger partial charge in [-0.25, -0.2) is 0 Å². The summed E-state index contributed by atoms with van der Waals surface area (Å²) in [4.78, 5) is 0. The second-order valence-corrected chi connectivity index (χ2v) is 4.83. The molecular weight excluding hydrogens is 248 g/mol. The molecule has 1 rings (SSSR count). The third-order valence-corrected chi connectivity index (χ3v) is 3.86. The summed E-state index contributed by atoms with van der Waals surface area (Å²) in [5.74, 6) is 1.20. The molecule has 1 aromatic rings. The normalized spacial score (nSPS) is 10.8. The molecular formula is C9H15BrN2S. The van der Waals surface area contributed by atoms with Crippen molar-refractivity contribution in [3.8, 4) is 0 Å². The Balaban J connectivity index is 2.61. The molecule has 13 heavy (non-hydrogen) atoms. The molecule has 0 bridgehead atoms. The molecule has 0 aromatic carbocycles. The molecule has 1 aromatic heterocycles. The number of thioether (sulfide) groups is 1. The summed E-state index contributed by atoms with van der Waals surface area (Å²) in [6.07, 6.45) is 3.33. The van der Waals surface area contributed by atoms with Gasteiger partial charge >= 0.3 is 0 Å². The predicted molar refractivity (Wildman–Crippen MR) is 62.4 cm³/mol. The Bertz CT molecular complexity index is 283. The van der Waals surface area contributed by atoms with E-state index < -0.39 is 0 Å². The van der Waals surface area contributed by atoms with Crippen LogP contribution in [-0.4, -0.2) is 21.8 Å². The van der Waals surface area contributed by atoms with Crippen LogP contribution >= 0.6 is 27.7 Å². The van der Waals surface area contributed by atoms with Crippen molar-refractivity contribution in [2.24, 2.45) is 0 Å². The zero-order chi connectivity index (χ0) is 9.84. The number of aryl methyl sites for hydroxylation is 2. The lowest BCUT2D eigenvalue weighted by molar-refractivity contribution is 0.586. The fourth-order valence-corrected chi connectivity index (χ4v) is 1.95. The number of aromatic nitrogens is 2. The fraction of sp³-hybridized carbons (Fsp3) is 0.667. The molecule has 0 spiro atoms. The van der Waals surface area contributed by atoms with Crippen molar-refractivity contribution in [1.29, 1.82) is 0 Å². The summed E-state index contributed by atoms with van der Waals surface area (Å²) in [5.41, 5.74) is 2.32. The molecule has 0 amide bonds. The van der Waals surface area contributed by atoms with Gasteiger partial charge in [0.15, 0.2) is 0 Å². The second-order valence-electron chi connectivity index (χ2n) is 3.05. The first-order chi connectivity index (χ1) is 6.16. The van der Waals surface area contributed by atoms with Gasteiger partial charge in [0.1, 0.15) is 0 Å². The summed E-state index contributed by atoms with van der Waals surface area (Å²) in [6.45, 7) is 5.16. The largest absolute Gasteiger partial charge is 0.268 e. The van der Waals surface area contributed by atoms with Crippen LogP contribution < -0.4 is 0 Å². The van der Waals surface area contributed by atoms with Crippen molar-refractivity contribution >= 4 is 27.7 Å². The minimum absolute atomic E-state index is 1.03. The van der Waals surface area contributed by atoms with E-state index in [4.69, 9.17) is 0 Å². The average Bonchev–Trinajstić information content (AvgIpc) is 2.34. The summed E-state index contributed by atoms with van der Waals surface area (Å²) in [5, 5.41) is 4.44. The standard InChI is InChI=1S/C9H15BrN2S/c1-7-9(10)8(2)12(11-7)5-4-6-13-3/h4-6H2,1-3H3. The molecule has 0 unspecified atom stereocenters. The van der Waals surface area contributed by atoms with Crippen LogP contribution in [0.5, 0.6) is 0 Å². The van der Waals surface area contributed by atoms with E-state index in [-0.39, 0.29) is 0 Å². The Labute approximate surface area is 92.2 Å². The highest BCUT2D eigenvalue weighted by Crippen LogP contribution is 2.19. The molecule has 0 saturated carbocycles. The van der Waals surface area contributed by atoms with Crippen molar-refractivity contribution in [3.05, 3.63) is 15.9 Å². The number of hydrogen-bond acceptors (Lipinski definition) is 2. The van der Waals surface area contributed by atoms with Crippen LogP contribution in [0.2, 0.25) is 0 Å². The fourth-order valence-electron chi connectivity index (χ4n) is 1.25. The van der Waals surface area contributed by atoms with Crippen molar-refractivity contribution in [1.82, 2.24) is 9.78 Å². The summed E-state index contributed by atoms with van der Waals surface area (Å²) < 4.78 is 3.23. The van der Waals surface area contributed by atoms with Gasteiger partial charge in [0.05, 0.1) is 10.2 Å². The van der Waals surface area contributed by atoms with Crippen LogP contribution in [-0.2, 0) is 6.54 Å². The third kappa shape index (κ3) is 2.74. The Morgan fingerprint density at radius 1 is 1.46 bits per heavy atom. The van der Waals surface area contributed by atoms with Crippen LogP contribution in [0.3, 0.4) is 0 Å². The van der Waals surface area contributed by atoms with Crippen molar-refractivity contribution in [2.45, 2.75) is 26.8 Å². The molecule has 4 heteroatoms. The van der Waals surface area contributed by atoms with E-state index in [1.165, 1.54) is 17.9 Å². The summed E-state index contributed by atoms with van der Waals surface area (Å²) >= 11 is 5.41. The van der Waals surface area contributed by atoms with Gasteiger partial charge in [-0.1, -0.05) is 0 Å². The molecule has 0 radical (unpaired) electrons. The highest BCUT2D eigenvalue weighted by Gasteiger charge is 2.07. The second kappa shape index (κ2) is 5.05. The number of halogens is 1. The first-order valence-corrected chi connectivity index (χ1v) is 6.54. The molecule has 74 valence electrons. The van der Waals surface area contributed by atoms with Crippen LogP contribution in [0.4, 0.5) is 0 Å². The highest BCUT2D eigenvalue weighted by atomic mass is 79.9. The molecule has 0 aliphatic heterocycles. The van der Waals surface area contributed by atoms with E-state index >= 15 is 0 Å². The highest BCUT2D eigenvalue weighted by molar-refractivity contribution is 9.10. The van der Waals surface area contributed by atoms with Crippen LogP contribution in [0.15, 0.2) is 4.47 Å². The number of rotatable bonds is 4. The van der Waals surface area contributed by atoms with Crippen molar-refractivity contribution in [2.75, 3.05) is 12.0 Å². The molecule has 0 fully saturated rings. The summed E-state index contributed by atoms with van der Waals surface area (Å²) in [7, 11) is 0. The first-order valence-electron chi connectivity index (χ1n) is 4.35. The lowest BCUT2D eigenvalue weighted by atomic mass is 10.4. The van der Waals surface area contributed by atoms with Gasteiger partial charge in [-0.05, 0) is 48.2 Å². The zero-order valence-electron chi connectivity index (χ0n) is 8.30. The molecule has 0 aliphatic carbocycles. The average molecular weight is 263 g/mol. The van der Waals surface area contributed by atoms with Crippen molar-refractivity contribution in [3.63, 3.8) is 0 Å². The van der Waals surface area contributed by atoms with Gasteiger partial charge < -0.3 is 0 Å². The smallest absolute Gasteiger partial charge is 0.0738 e. The Hall–Kier alpha value is 0.0400. The first kappa shape index (κ1) is 11.1. The van der Waals surface area contributed by atoms with E-state index in [1.54, 1.807) is 0 Å². The number of hydrogen-bond donors (Lipinski definition) is 0. The maximum atomic E-state index is 4.44. The van der Waals surface area contributed by atoms with Crippen LogP contribution in [0.1, 0.15) is 17.8 Å². The number of nitrogens with zero attached hydrogens (tertiary/aromatic N) is 2. The van der Waals surface area contributed by atoms with Gasteiger partial charge in [-0.15, -0.1) is 0 Å². The molecule has 0 N–H and O–H groups in total. The Kier molecular flexibility index (Phi) is 4.32. The zero-order valence-corrected chi connectivity index (χ0v) is 10.7. The topological polar surface area (TPSA) is 17.8 Å². The van der Waals surface area contributed by atoms with E-state index in [1.807, 2.05) is 18.7 Å². The molecule has 0 aliphatic rings. The van der Waals surface area contributed by atoms with Crippen molar-refractivity contribution < 1.29 is 0 Å². The Morgan fingerprint density at radius 2 is 2.15 bits per heavy atom. The lowest BCUT2D eigenvalue weighted by Gasteiger charge is -2.02. The van der Waals surface area contributed by atoms with Gasteiger partial charge in [0, 0.05) is 12.2 Å². The summed E-state index contributed by atoms with van der Waals surface area (Å²) in [6, 6.07) is 0. The quantitative estimate of drug-likeness (QED) is 0.777. The predicted octanol–water partition coefficient (Wildman–Crippen LogP) is 3.02. The van der Waals surface area contributed by atoms with Gasteiger partial charge in [-0.3, -0.25) is 4.68 Å². The monoisotopic (exact) mass is 262 g/mol. The van der Waals surface area contributed by atoms with E-state index in [0.29, 0.717) is 0 Å². The SMILES string of the molecule is CSCCCn1nc(C)c(Br)c1C. The van der Waals surface area contributed by atoms with E-state index in [9.17, 15) is 0 Å². The van der Waals surface area contributed by atoms with Gasteiger partial charge in [-0.2, -0.15) is 16.9 Å². The van der Waals surface area contributed by atoms with Gasteiger partial charge in [0.2, 0.25) is 0 Å². The third-order valence-electron chi connectivity index (χ3n) is 2.01. The Morgan fingerprint density at radius 3 is 2.62 bits per heavy atom. The lowest BCUT2D eigenvalue weighted by Crippen LogP contribution is -2.03. The van der Waals surface area contributed by atoms with Crippen LogP contribution in [0, 0.1) is 13.8 Å². The molecule has 0 atom stereocenters. The molecule has 2 nitrogen and oxygen atoms in total. The minimum atomic E-state index is 1.03. The van der Waals surface area contributed by atoms with E-state index in [2.05, 4.69) is 38.9 Å². The van der Waals surface area contributed by atoms with Crippen LogP contribution in [0.25, 0.3) is 0 Å². The van der Waals surface area contributed by atoms with Gasteiger partial charge in [0.25, 0.3) is 0 Å². The maximum absolute atomic E-state index is 4.44. The molecule has 0 saturated heterocycles. The molecule has 1 heterocycles. The maximum Gasteiger partial charge on any atom is 0.0738 e. The minimum Gasteiger partial charge on any atom is -0.268 e.